The van der Waals surface area contributed by atoms with Gasteiger partial charge >= 0.3 is 5.69 Å². The summed E-state index contributed by atoms with van der Waals surface area (Å²) in [4.78, 5) is 58.0. The lowest BCUT2D eigenvalue weighted by Crippen LogP contribution is -2.41. The minimum absolute atomic E-state index is 0. The molecule has 1 aromatic heterocycles. The van der Waals surface area contributed by atoms with Gasteiger partial charge in [-0.15, -0.1) is 12.4 Å². The smallest absolute Gasteiger partial charge is 0.325 e. The summed E-state index contributed by atoms with van der Waals surface area (Å²) in [6.07, 6.45) is 0.984. The number of para-hydroxylation sites is 1. The minimum Gasteiger partial charge on any atom is -0.341 e. The number of rotatable bonds is 4. The molecule has 0 fully saturated rings. The Kier molecular flexibility index (Phi) is 10.1. The zero-order chi connectivity index (χ0) is 24.0. The Morgan fingerprint density at radius 2 is 1.76 bits per heavy atom. The molecule has 0 spiro atoms. The second-order valence-electron chi connectivity index (χ2n) is 8.87. The standard InChI is InChI=1S/C24H33N5O4.ClH/c1-16(2)13-22(31)29-11-6-10-28(12-9-25-15-18-7-4-5-8-20(18)29)21(30)14-19-17(3)26-24(33)27-23(19)32;/h4-5,7-8,16,25H,6,9-15H2,1-3H3,(H2,26,27,32,33);1H. The molecule has 10 heteroatoms. The second-order valence-corrected chi connectivity index (χ2v) is 8.87. The van der Waals surface area contributed by atoms with Crippen molar-refractivity contribution >= 4 is 29.9 Å². The lowest BCUT2D eigenvalue weighted by atomic mass is 10.1. The summed E-state index contributed by atoms with van der Waals surface area (Å²) >= 11 is 0. The fourth-order valence-corrected chi connectivity index (χ4v) is 4.08. The van der Waals surface area contributed by atoms with E-state index in [0.29, 0.717) is 51.3 Å². The Morgan fingerprint density at radius 1 is 1.03 bits per heavy atom. The van der Waals surface area contributed by atoms with Gasteiger partial charge in [-0.1, -0.05) is 32.0 Å². The van der Waals surface area contributed by atoms with E-state index in [-0.39, 0.29) is 42.1 Å². The van der Waals surface area contributed by atoms with Crippen LogP contribution in [0.3, 0.4) is 0 Å². The second kappa shape index (κ2) is 12.5. The normalized spacial score (nSPS) is 14.7. The number of nitrogens with zero attached hydrogens (tertiary/aromatic N) is 2. The van der Waals surface area contributed by atoms with E-state index in [0.717, 1.165) is 11.3 Å². The Bertz CT molecular complexity index is 1110. The Balaban J connectivity index is 0.00000408. The van der Waals surface area contributed by atoms with Crippen molar-refractivity contribution in [1.82, 2.24) is 20.2 Å². The summed E-state index contributed by atoms with van der Waals surface area (Å²) in [6.45, 7) is 8.30. The summed E-state index contributed by atoms with van der Waals surface area (Å²) in [7, 11) is 0. The maximum atomic E-state index is 13.1. The molecule has 1 aromatic carbocycles. The average Bonchev–Trinajstić information content (AvgIpc) is 2.78. The van der Waals surface area contributed by atoms with Gasteiger partial charge in [0.2, 0.25) is 11.8 Å². The number of aromatic amines is 2. The van der Waals surface area contributed by atoms with Gasteiger partial charge in [-0.25, -0.2) is 4.79 Å². The van der Waals surface area contributed by atoms with E-state index >= 15 is 0 Å². The summed E-state index contributed by atoms with van der Waals surface area (Å²) in [5, 5.41) is 3.37. The van der Waals surface area contributed by atoms with Crippen LogP contribution in [0.15, 0.2) is 33.9 Å². The fourth-order valence-electron chi connectivity index (χ4n) is 4.08. The van der Waals surface area contributed by atoms with Crippen molar-refractivity contribution in [2.75, 3.05) is 31.1 Å². The number of anilines is 1. The first kappa shape index (κ1) is 27.3. The van der Waals surface area contributed by atoms with E-state index in [2.05, 4.69) is 15.3 Å². The average molecular weight is 492 g/mol. The maximum Gasteiger partial charge on any atom is 0.325 e. The lowest BCUT2D eigenvalue weighted by molar-refractivity contribution is -0.130. The van der Waals surface area contributed by atoms with E-state index in [4.69, 9.17) is 0 Å². The van der Waals surface area contributed by atoms with Gasteiger partial charge in [-0.05, 0) is 30.9 Å². The van der Waals surface area contributed by atoms with Gasteiger partial charge in [-0.3, -0.25) is 19.4 Å². The highest BCUT2D eigenvalue weighted by Crippen LogP contribution is 2.23. The highest BCUT2D eigenvalue weighted by atomic mass is 35.5. The van der Waals surface area contributed by atoms with Gasteiger partial charge in [0.05, 0.1) is 6.42 Å². The van der Waals surface area contributed by atoms with Crippen LogP contribution in [0, 0.1) is 12.8 Å². The number of halogens is 1. The van der Waals surface area contributed by atoms with Crippen LogP contribution < -0.4 is 21.5 Å². The van der Waals surface area contributed by atoms with Crippen LogP contribution in [0.25, 0.3) is 0 Å². The molecule has 34 heavy (non-hydrogen) atoms. The third-order valence-corrected chi connectivity index (χ3v) is 5.79. The SMILES string of the molecule is Cc1[nH]c(=O)[nH]c(=O)c1CC(=O)N1CCCN(C(=O)CC(C)C)c2ccccc2CNCC1.Cl. The summed E-state index contributed by atoms with van der Waals surface area (Å²) in [6, 6.07) is 7.89. The molecule has 1 aliphatic rings. The number of carbonyl (C=O) groups excluding carboxylic acids is 2. The van der Waals surface area contributed by atoms with Crippen LogP contribution in [-0.4, -0.2) is 52.9 Å². The summed E-state index contributed by atoms with van der Waals surface area (Å²) in [5.41, 5.74) is 1.49. The van der Waals surface area contributed by atoms with Crippen LogP contribution in [0.2, 0.25) is 0 Å². The molecule has 3 N–H and O–H groups in total. The number of nitrogens with one attached hydrogen (secondary N) is 3. The molecule has 2 amide bonds. The summed E-state index contributed by atoms with van der Waals surface area (Å²) < 4.78 is 0. The first-order valence-electron chi connectivity index (χ1n) is 11.4. The maximum absolute atomic E-state index is 13.1. The molecule has 0 atom stereocenters. The van der Waals surface area contributed by atoms with Crippen LogP contribution in [-0.2, 0) is 22.6 Å². The van der Waals surface area contributed by atoms with Crippen molar-refractivity contribution in [3.8, 4) is 0 Å². The molecule has 9 nitrogen and oxygen atoms in total. The Labute approximate surface area is 205 Å². The number of fused-ring (bicyclic) bond motifs is 1. The monoisotopic (exact) mass is 491 g/mol. The third kappa shape index (κ3) is 7.04. The van der Waals surface area contributed by atoms with Gasteiger partial charge in [0.25, 0.3) is 5.56 Å². The number of aromatic nitrogens is 2. The highest BCUT2D eigenvalue weighted by molar-refractivity contribution is 5.94. The molecule has 0 unspecified atom stereocenters. The van der Waals surface area contributed by atoms with Gasteiger partial charge in [0, 0.05) is 56.1 Å². The van der Waals surface area contributed by atoms with E-state index < -0.39 is 11.2 Å². The van der Waals surface area contributed by atoms with E-state index in [1.165, 1.54) is 0 Å². The van der Waals surface area contributed by atoms with Crippen LogP contribution in [0.1, 0.15) is 43.5 Å². The molecular weight excluding hydrogens is 458 g/mol. The van der Waals surface area contributed by atoms with Crippen molar-refractivity contribution in [3.63, 3.8) is 0 Å². The molecule has 1 aliphatic heterocycles. The lowest BCUT2D eigenvalue weighted by Gasteiger charge is -2.27. The van der Waals surface area contributed by atoms with Gasteiger partial charge < -0.3 is 20.1 Å². The highest BCUT2D eigenvalue weighted by Gasteiger charge is 2.22. The van der Waals surface area contributed by atoms with E-state index in [1.54, 1.807) is 11.8 Å². The molecule has 0 saturated heterocycles. The first-order valence-corrected chi connectivity index (χ1v) is 11.4. The van der Waals surface area contributed by atoms with Crippen LogP contribution in [0.5, 0.6) is 0 Å². The number of benzene rings is 1. The fraction of sp³-hybridized carbons (Fsp3) is 0.500. The van der Waals surface area contributed by atoms with Crippen molar-refractivity contribution < 1.29 is 9.59 Å². The predicted octanol–water partition coefficient (Wildman–Crippen LogP) is 1.74. The van der Waals surface area contributed by atoms with E-state index in [9.17, 15) is 19.2 Å². The molecule has 2 aromatic rings. The molecule has 2 heterocycles. The zero-order valence-corrected chi connectivity index (χ0v) is 20.8. The van der Waals surface area contributed by atoms with Gasteiger partial charge in [-0.2, -0.15) is 0 Å². The quantitative estimate of drug-likeness (QED) is 0.602. The largest absolute Gasteiger partial charge is 0.341 e. The molecule has 0 aliphatic carbocycles. The van der Waals surface area contributed by atoms with Gasteiger partial charge in [0.15, 0.2) is 0 Å². The number of amides is 2. The van der Waals surface area contributed by atoms with Crippen molar-refractivity contribution in [3.05, 3.63) is 61.9 Å². The van der Waals surface area contributed by atoms with E-state index in [1.807, 2.05) is 43.0 Å². The molecular formula is C24H34ClN5O4. The third-order valence-electron chi connectivity index (χ3n) is 5.79. The number of hydrogen-bond acceptors (Lipinski definition) is 5. The predicted molar refractivity (Wildman–Crippen MR) is 135 cm³/mol. The zero-order valence-electron chi connectivity index (χ0n) is 20.0. The molecule has 186 valence electrons. The summed E-state index contributed by atoms with van der Waals surface area (Å²) in [5.74, 6) is 0.136. The van der Waals surface area contributed by atoms with Crippen LogP contribution >= 0.6 is 12.4 Å². The molecule has 3 rings (SSSR count). The number of carbonyl (C=O) groups is 2. The Morgan fingerprint density at radius 3 is 2.47 bits per heavy atom. The minimum atomic E-state index is -0.584. The molecule has 0 saturated carbocycles. The topological polar surface area (TPSA) is 118 Å². The van der Waals surface area contributed by atoms with Crippen molar-refractivity contribution in [1.29, 1.82) is 0 Å². The van der Waals surface area contributed by atoms with Gasteiger partial charge in [0.1, 0.15) is 0 Å². The number of H-pyrrole nitrogens is 2. The Hall–Kier alpha value is -2.91. The molecule has 0 radical (unpaired) electrons. The first-order chi connectivity index (χ1) is 15.8. The van der Waals surface area contributed by atoms with Crippen molar-refractivity contribution in [2.24, 2.45) is 5.92 Å². The number of hydrogen-bond donors (Lipinski definition) is 3. The van der Waals surface area contributed by atoms with Crippen LogP contribution in [0.4, 0.5) is 5.69 Å². The number of aryl methyl sites for hydroxylation is 1. The van der Waals surface area contributed by atoms with Crippen molar-refractivity contribution in [2.45, 2.75) is 46.6 Å². The molecule has 0 bridgehead atoms.